The molecule has 0 bridgehead atoms. The van der Waals surface area contributed by atoms with E-state index < -0.39 is 18.4 Å². The zero-order chi connectivity index (χ0) is 17.7. The van der Waals surface area contributed by atoms with Crippen molar-refractivity contribution in [3.63, 3.8) is 0 Å². The van der Waals surface area contributed by atoms with Gasteiger partial charge in [-0.15, -0.1) is 0 Å². The van der Waals surface area contributed by atoms with E-state index in [0.717, 1.165) is 0 Å². The molecule has 8 heteroatoms. The minimum Gasteiger partial charge on any atom is -0.454 e. The number of Topliss-reactive ketones (excluding diaryl/α,β-unsaturated/α-hetero) is 1. The minimum atomic E-state index is -0.761. The maximum Gasteiger partial charge on any atom is 0.343 e. The molecule has 0 aliphatic rings. The van der Waals surface area contributed by atoms with Crippen molar-refractivity contribution >= 4 is 23.4 Å². The van der Waals surface area contributed by atoms with Crippen molar-refractivity contribution in [2.24, 2.45) is 11.7 Å². The number of carbonyl (C=O) groups is 2. The largest absolute Gasteiger partial charge is 0.454 e. The molecule has 0 aromatic carbocycles. The van der Waals surface area contributed by atoms with Crippen LogP contribution in [-0.2, 0) is 16.1 Å². The zero-order valence-electron chi connectivity index (χ0n) is 13.5. The summed E-state index contributed by atoms with van der Waals surface area (Å²) in [5.74, 6) is -1.12. The van der Waals surface area contributed by atoms with E-state index in [9.17, 15) is 9.59 Å². The molecule has 124 valence electrons. The van der Waals surface area contributed by atoms with Crippen molar-refractivity contribution in [2.45, 2.75) is 34.2 Å². The van der Waals surface area contributed by atoms with Crippen LogP contribution >= 0.6 is 11.6 Å². The van der Waals surface area contributed by atoms with Crippen molar-refractivity contribution in [2.75, 3.05) is 6.61 Å². The average molecular weight is 339 g/mol. The van der Waals surface area contributed by atoms with Gasteiger partial charge in [-0.2, -0.15) is 10.4 Å². The molecule has 0 fully saturated rings. The molecule has 0 spiro atoms. The van der Waals surface area contributed by atoms with Crippen LogP contribution in [0.5, 0.6) is 0 Å². The summed E-state index contributed by atoms with van der Waals surface area (Å²) in [6.45, 7) is 7.02. The molecule has 0 saturated carbocycles. The predicted octanol–water partition coefficient (Wildman–Crippen LogP) is 1.98. The maximum absolute atomic E-state index is 12.1. The van der Waals surface area contributed by atoms with Crippen LogP contribution < -0.4 is 5.73 Å². The van der Waals surface area contributed by atoms with Crippen molar-refractivity contribution in [3.8, 4) is 6.07 Å². The van der Waals surface area contributed by atoms with Crippen LogP contribution in [0.25, 0.3) is 0 Å². The Hall–Kier alpha value is -2.33. The van der Waals surface area contributed by atoms with Crippen molar-refractivity contribution in [1.29, 1.82) is 5.26 Å². The standard InChI is InChI=1S/C15H19ClN4O3/c1-8(2)6-20-14(16)13(10(4)19-20)15(22)23-7-12(21)11(5-17)9(3)18/h8H,6-7,18H2,1-4H3. The van der Waals surface area contributed by atoms with Crippen molar-refractivity contribution in [3.05, 3.63) is 27.7 Å². The Labute approximate surface area is 139 Å². The number of nitrogens with two attached hydrogens (primary N) is 1. The van der Waals surface area contributed by atoms with E-state index in [2.05, 4.69) is 5.10 Å². The third-order valence-electron chi connectivity index (χ3n) is 2.93. The fourth-order valence-electron chi connectivity index (χ4n) is 1.90. The van der Waals surface area contributed by atoms with Crippen LogP contribution in [0.1, 0.15) is 36.8 Å². The number of nitrogens with zero attached hydrogens (tertiary/aromatic N) is 3. The average Bonchev–Trinajstić information content (AvgIpc) is 2.70. The van der Waals surface area contributed by atoms with E-state index in [4.69, 9.17) is 27.3 Å². The number of carbonyl (C=O) groups excluding carboxylic acids is 2. The van der Waals surface area contributed by atoms with E-state index in [0.29, 0.717) is 18.2 Å². The summed E-state index contributed by atoms with van der Waals surface area (Å²) in [5.41, 5.74) is 5.81. The molecule has 0 amide bonds. The summed E-state index contributed by atoms with van der Waals surface area (Å²) in [6.07, 6.45) is 0. The van der Waals surface area contributed by atoms with Crippen LogP contribution in [0, 0.1) is 24.2 Å². The molecule has 23 heavy (non-hydrogen) atoms. The van der Waals surface area contributed by atoms with Gasteiger partial charge in [0.2, 0.25) is 5.78 Å². The normalized spacial score (nSPS) is 11.9. The van der Waals surface area contributed by atoms with Crippen LogP contribution in [0.2, 0.25) is 5.15 Å². The lowest BCUT2D eigenvalue weighted by Gasteiger charge is -2.06. The van der Waals surface area contributed by atoms with E-state index in [1.54, 1.807) is 13.0 Å². The summed E-state index contributed by atoms with van der Waals surface area (Å²) in [5, 5.41) is 13.2. The number of halogens is 1. The molecule has 0 atom stereocenters. The number of allylic oxidation sites excluding steroid dienone is 1. The van der Waals surface area contributed by atoms with Gasteiger partial charge in [-0.3, -0.25) is 9.48 Å². The van der Waals surface area contributed by atoms with Crippen LogP contribution in [0.15, 0.2) is 11.3 Å². The number of aryl methyl sites for hydroxylation is 1. The van der Waals surface area contributed by atoms with Crippen molar-refractivity contribution in [1.82, 2.24) is 9.78 Å². The first-order valence-electron chi connectivity index (χ1n) is 6.98. The maximum atomic E-state index is 12.1. The van der Waals surface area contributed by atoms with Gasteiger partial charge in [0.05, 0.1) is 5.69 Å². The number of hydrogen-bond donors (Lipinski definition) is 1. The fourth-order valence-corrected chi connectivity index (χ4v) is 2.22. The van der Waals surface area contributed by atoms with E-state index in [1.807, 2.05) is 13.8 Å². The Balaban J connectivity index is 2.88. The summed E-state index contributed by atoms with van der Waals surface area (Å²) in [7, 11) is 0. The summed E-state index contributed by atoms with van der Waals surface area (Å²) < 4.78 is 6.45. The van der Waals surface area contributed by atoms with Gasteiger partial charge in [0.15, 0.2) is 6.61 Å². The lowest BCUT2D eigenvalue weighted by molar-refractivity contribution is -0.118. The lowest BCUT2D eigenvalue weighted by Crippen LogP contribution is -2.18. The quantitative estimate of drug-likeness (QED) is 0.482. The molecule has 0 aliphatic heterocycles. The molecule has 0 unspecified atom stereocenters. The highest BCUT2D eigenvalue weighted by Gasteiger charge is 2.23. The second kappa shape index (κ2) is 7.79. The number of ether oxygens (including phenoxy) is 1. The minimum absolute atomic E-state index is 0.0764. The number of aromatic nitrogens is 2. The van der Waals surface area contributed by atoms with E-state index in [-0.39, 0.29) is 22.0 Å². The van der Waals surface area contributed by atoms with Gasteiger partial charge >= 0.3 is 5.97 Å². The molecule has 1 rings (SSSR count). The molecule has 0 saturated heterocycles. The summed E-state index contributed by atoms with van der Waals surface area (Å²) >= 11 is 6.16. The van der Waals surface area contributed by atoms with Crippen LogP contribution in [0.3, 0.4) is 0 Å². The smallest absolute Gasteiger partial charge is 0.343 e. The molecular formula is C15H19ClN4O3. The number of hydrogen-bond acceptors (Lipinski definition) is 6. The van der Waals surface area contributed by atoms with Gasteiger partial charge < -0.3 is 10.5 Å². The third kappa shape index (κ3) is 4.57. The van der Waals surface area contributed by atoms with E-state index >= 15 is 0 Å². The predicted molar refractivity (Wildman–Crippen MR) is 84.6 cm³/mol. The monoisotopic (exact) mass is 338 g/mol. The molecule has 1 aromatic rings. The number of ketones is 1. The lowest BCUT2D eigenvalue weighted by atomic mass is 10.1. The summed E-state index contributed by atoms with van der Waals surface area (Å²) in [4.78, 5) is 23.9. The third-order valence-corrected chi connectivity index (χ3v) is 3.31. The first-order chi connectivity index (χ1) is 10.7. The second-order valence-electron chi connectivity index (χ2n) is 5.50. The summed E-state index contributed by atoms with van der Waals surface area (Å²) in [6, 6.07) is 1.68. The van der Waals surface area contributed by atoms with Crippen molar-refractivity contribution < 1.29 is 14.3 Å². The Bertz CT molecular complexity index is 694. The zero-order valence-corrected chi connectivity index (χ0v) is 14.3. The topological polar surface area (TPSA) is 111 Å². The van der Waals surface area contributed by atoms with Gasteiger partial charge in [-0.25, -0.2) is 4.79 Å². The Kier molecular flexibility index (Phi) is 6.34. The highest BCUT2D eigenvalue weighted by Crippen LogP contribution is 2.22. The molecule has 0 aliphatic carbocycles. The number of rotatable bonds is 6. The van der Waals surface area contributed by atoms with Gasteiger partial charge in [-0.1, -0.05) is 25.4 Å². The molecule has 1 heterocycles. The van der Waals surface area contributed by atoms with Crippen LogP contribution in [0.4, 0.5) is 0 Å². The number of esters is 1. The second-order valence-corrected chi connectivity index (χ2v) is 5.85. The number of nitriles is 1. The van der Waals surface area contributed by atoms with Crippen LogP contribution in [-0.4, -0.2) is 28.1 Å². The Morgan fingerprint density at radius 3 is 2.57 bits per heavy atom. The molecule has 1 aromatic heterocycles. The first-order valence-corrected chi connectivity index (χ1v) is 7.36. The van der Waals surface area contributed by atoms with Gasteiger partial charge in [0, 0.05) is 12.2 Å². The highest BCUT2D eigenvalue weighted by atomic mass is 35.5. The molecule has 7 nitrogen and oxygen atoms in total. The Morgan fingerprint density at radius 1 is 1.48 bits per heavy atom. The van der Waals surface area contributed by atoms with Gasteiger partial charge in [0.1, 0.15) is 22.4 Å². The molecule has 2 N–H and O–H groups in total. The first kappa shape index (κ1) is 18.7. The SMILES string of the molecule is CC(N)=C(C#N)C(=O)COC(=O)c1c(C)nn(CC(C)C)c1Cl. The van der Waals surface area contributed by atoms with Gasteiger partial charge in [-0.05, 0) is 19.8 Å². The molecular weight excluding hydrogens is 320 g/mol. The van der Waals surface area contributed by atoms with E-state index in [1.165, 1.54) is 11.6 Å². The molecule has 0 radical (unpaired) electrons. The van der Waals surface area contributed by atoms with Gasteiger partial charge in [0.25, 0.3) is 0 Å². The highest BCUT2D eigenvalue weighted by molar-refractivity contribution is 6.32. The fraction of sp³-hybridized carbons (Fsp3) is 0.467. The Morgan fingerprint density at radius 2 is 2.09 bits per heavy atom.